The number of hydrogen-bond acceptors (Lipinski definition) is 5. The number of para-hydroxylation sites is 1. The number of hydrogen-bond donors (Lipinski definition) is 1. The van der Waals surface area contributed by atoms with Gasteiger partial charge in [0.15, 0.2) is 11.0 Å². The molecule has 7 heteroatoms. The number of terminal acetylenes is 1. The third-order valence-electron chi connectivity index (χ3n) is 4.70. The average Bonchev–Trinajstić information content (AvgIpc) is 3.15. The first-order valence-corrected chi connectivity index (χ1v) is 10.3. The first-order chi connectivity index (χ1) is 13.2. The van der Waals surface area contributed by atoms with Crippen molar-refractivity contribution in [3.8, 4) is 18.0 Å². The first-order valence-electron chi connectivity index (χ1n) is 9.28. The summed E-state index contributed by atoms with van der Waals surface area (Å²) in [6, 6.07) is 10.2. The van der Waals surface area contributed by atoms with Crippen molar-refractivity contribution < 1.29 is 4.79 Å². The minimum absolute atomic E-state index is 0.105. The van der Waals surface area contributed by atoms with Gasteiger partial charge in [0.25, 0.3) is 0 Å². The Morgan fingerprint density at radius 1 is 1.26 bits per heavy atom. The van der Waals surface area contributed by atoms with Crippen molar-refractivity contribution in [1.29, 1.82) is 0 Å². The van der Waals surface area contributed by atoms with Gasteiger partial charge in [-0.25, -0.2) is 0 Å². The van der Waals surface area contributed by atoms with E-state index >= 15 is 0 Å². The van der Waals surface area contributed by atoms with Gasteiger partial charge in [-0.2, -0.15) is 0 Å². The Hall–Kier alpha value is -2.30. The van der Waals surface area contributed by atoms with Crippen LogP contribution in [0.3, 0.4) is 0 Å². The molecular formula is C20H25N5OS. The topological polar surface area (TPSA) is 63.1 Å². The number of amides is 1. The summed E-state index contributed by atoms with van der Waals surface area (Å²) < 4.78 is 2.07. The van der Waals surface area contributed by atoms with Gasteiger partial charge in [-0.3, -0.25) is 14.3 Å². The molecule has 3 rings (SSSR count). The summed E-state index contributed by atoms with van der Waals surface area (Å²) in [5.41, 5.74) is 1.01. The molecule has 6 nitrogen and oxygen atoms in total. The second-order valence-corrected chi connectivity index (χ2v) is 7.50. The molecule has 1 N–H and O–H groups in total. The Balaban J connectivity index is 1.84. The number of benzene rings is 1. The quantitative estimate of drug-likeness (QED) is 0.588. The lowest BCUT2D eigenvalue weighted by Crippen LogP contribution is -2.33. The molecule has 1 aliphatic rings. The van der Waals surface area contributed by atoms with Crippen LogP contribution in [0.1, 0.15) is 38.1 Å². The van der Waals surface area contributed by atoms with Crippen molar-refractivity contribution in [3.63, 3.8) is 0 Å². The Labute approximate surface area is 164 Å². The van der Waals surface area contributed by atoms with E-state index in [1.54, 1.807) is 0 Å². The molecule has 1 aromatic heterocycles. The van der Waals surface area contributed by atoms with Gasteiger partial charge in [0.1, 0.15) is 0 Å². The second kappa shape index (κ2) is 9.58. The van der Waals surface area contributed by atoms with Gasteiger partial charge < -0.3 is 5.32 Å². The zero-order valence-corrected chi connectivity index (χ0v) is 16.4. The van der Waals surface area contributed by atoms with E-state index in [-0.39, 0.29) is 24.2 Å². The number of nitrogens with zero attached hydrogens (tertiary/aromatic N) is 4. The van der Waals surface area contributed by atoms with E-state index in [0.29, 0.717) is 0 Å². The minimum Gasteiger partial charge on any atom is -0.344 e. The summed E-state index contributed by atoms with van der Waals surface area (Å²) in [7, 11) is 0. The van der Waals surface area contributed by atoms with E-state index < -0.39 is 0 Å². The van der Waals surface area contributed by atoms with Crippen molar-refractivity contribution in [2.45, 2.75) is 37.4 Å². The predicted octanol–water partition coefficient (Wildman–Crippen LogP) is 2.66. The third kappa shape index (κ3) is 4.90. The van der Waals surface area contributed by atoms with E-state index in [1.165, 1.54) is 31.0 Å². The van der Waals surface area contributed by atoms with Gasteiger partial charge in [-0.1, -0.05) is 42.3 Å². The number of aromatic nitrogens is 3. The number of thioether (sulfide) groups is 1. The highest BCUT2D eigenvalue weighted by molar-refractivity contribution is 7.99. The smallest absolute Gasteiger partial charge is 0.231 e. The Morgan fingerprint density at radius 2 is 2.00 bits per heavy atom. The van der Waals surface area contributed by atoms with Crippen molar-refractivity contribution in [1.82, 2.24) is 25.0 Å². The third-order valence-corrected chi connectivity index (χ3v) is 5.63. The fourth-order valence-electron chi connectivity index (χ4n) is 3.26. The molecule has 1 fully saturated rings. The maximum Gasteiger partial charge on any atom is 0.231 e. The molecule has 1 saturated heterocycles. The molecule has 2 aromatic rings. The van der Waals surface area contributed by atoms with Crippen LogP contribution in [0.4, 0.5) is 0 Å². The molecule has 0 spiro atoms. The van der Waals surface area contributed by atoms with Gasteiger partial charge in [0, 0.05) is 5.69 Å². The highest BCUT2D eigenvalue weighted by Gasteiger charge is 2.25. The molecule has 1 aliphatic heterocycles. The molecule has 0 radical (unpaired) electrons. The number of carbonyl (C=O) groups excluding carboxylic acids is 1. The fourth-order valence-corrected chi connectivity index (χ4v) is 4.05. The van der Waals surface area contributed by atoms with E-state index in [4.69, 9.17) is 6.42 Å². The molecule has 0 aliphatic carbocycles. The molecule has 1 amide bonds. The number of carbonyl (C=O) groups is 1. The zero-order valence-electron chi connectivity index (χ0n) is 15.6. The van der Waals surface area contributed by atoms with Gasteiger partial charge in [0.05, 0.1) is 18.3 Å². The standard InChI is InChI=1S/C20H25N5OS/c1-3-12-21-18(26)15-27-20-23-22-19(16(2)24-13-8-5-9-14-24)25(20)17-10-6-4-7-11-17/h1,4,6-7,10-11,16H,5,8-9,12-15H2,2H3,(H,21,26). The normalized spacial score (nSPS) is 15.9. The van der Waals surface area contributed by atoms with Crippen molar-refractivity contribution in [2.24, 2.45) is 0 Å². The van der Waals surface area contributed by atoms with Crippen LogP contribution in [0.2, 0.25) is 0 Å². The number of piperidine rings is 1. The molecule has 0 bridgehead atoms. The van der Waals surface area contributed by atoms with Crippen molar-refractivity contribution in [3.05, 3.63) is 36.2 Å². The maximum atomic E-state index is 11.9. The molecule has 142 valence electrons. The van der Waals surface area contributed by atoms with Crippen LogP contribution < -0.4 is 5.32 Å². The molecule has 1 atom stereocenters. The highest BCUT2D eigenvalue weighted by atomic mass is 32.2. The first kappa shape index (κ1) is 19.5. The van der Waals surface area contributed by atoms with Crippen LogP contribution in [0.5, 0.6) is 0 Å². The summed E-state index contributed by atoms with van der Waals surface area (Å²) in [6.45, 7) is 4.59. The van der Waals surface area contributed by atoms with Crippen LogP contribution in [-0.2, 0) is 4.79 Å². The van der Waals surface area contributed by atoms with E-state index in [9.17, 15) is 4.79 Å². The molecule has 0 saturated carbocycles. The lowest BCUT2D eigenvalue weighted by Gasteiger charge is -2.31. The molecule has 2 heterocycles. The Bertz CT molecular complexity index is 792. The lowest BCUT2D eigenvalue weighted by molar-refractivity contribution is -0.118. The number of nitrogens with one attached hydrogen (secondary N) is 1. The van der Waals surface area contributed by atoms with Crippen LogP contribution in [0, 0.1) is 12.3 Å². The van der Waals surface area contributed by atoms with E-state index in [2.05, 4.69) is 37.8 Å². The van der Waals surface area contributed by atoms with Crippen molar-refractivity contribution in [2.75, 3.05) is 25.4 Å². The molecule has 1 aromatic carbocycles. The lowest BCUT2D eigenvalue weighted by atomic mass is 10.1. The second-order valence-electron chi connectivity index (χ2n) is 6.55. The summed E-state index contributed by atoms with van der Waals surface area (Å²) in [5.74, 6) is 3.47. The highest BCUT2D eigenvalue weighted by Crippen LogP contribution is 2.29. The molecule has 27 heavy (non-hydrogen) atoms. The zero-order chi connectivity index (χ0) is 19.1. The molecular weight excluding hydrogens is 358 g/mol. The summed E-state index contributed by atoms with van der Waals surface area (Å²) in [4.78, 5) is 14.4. The van der Waals surface area contributed by atoms with Crippen molar-refractivity contribution >= 4 is 17.7 Å². The van der Waals surface area contributed by atoms with E-state index in [0.717, 1.165) is 29.8 Å². The van der Waals surface area contributed by atoms with Crippen LogP contribution in [0.15, 0.2) is 35.5 Å². The average molecular weight is 384 g/mol. The fraction of sp³-hybridized carbons (Fsp3) is 0.450. The summed E-state index contributed by atoms with van der Waals surface area (Å²) in [5, 5.41) is 12.3. The van der Waals surface area contributed by atoms with Crippen LogP contribution in [-0.4, -0.2) is 51.0 Å². The summed E-state index contributed by atoms with van der Waals surface area (Å²) >= 11 is 1.38. The van der Waals surface area contributed by atoms with Gasteiger partial charge in [-0.05, 0) is 45.0 Å². The molecule has 1 unspecified atom stereocenters. The van der Waals surface area contributed by atoms with Crippen LogP contribution >= 0.6 is 11.8 Å². The summed E-state index contributed by atoms with van der Waals surface area (Å²) in [6.07, 6.45) is 8.93. The Morgan fingerprint density at radius 3 is 2.70 bits per heavy atom. The number of likely N-dealkylation sites (tertiary alicyclic amines) is 1. The minimum atomic E-state index is -0.105. The largest absolute Gasteiger partial charge is 0.344 e. The van der Waals surface area contributed by atoms with Gasteiger partial charge in [-0.15, -0.1) is 16.6 Å². The SMILES string of the molecule is C#CCNC(=O)CSc1nnc(C(C)N2CCCCC2)n1-c1ccccc1. The number of rotatable bonds is 7. The monoisotopic (exact) mass is 383 g/mol. The maximum absolute atomic E-state index is 11.9. The van der Waals surface area contributed by atoms with Gasteiger partial charge >= 0.3 is 0 Å². The van der Waals surface area contributed by atoms with Crippen LogP contribution in [0.25, 0.3) is 5.69 Å². The predicted molar refractivity (Wildman–Crippen MR) is 108 cm³/mol. The Kier molecular flexibility index (Phi) is 6.91. The van der Waals surface area contributed by atoms with Gasteiger partial charge in [0.2, 0.25) is 5.91 Å². The van der Waals surface area contributed by atoms with E-state index in [1.807, 2.05) is 30.3 Å².